The van der Waals surface area contributed by atoms with Crippen molar-refractivity contribution >= 4 is 11.7 Å². The third kappa shape index (κ3) is 4.39. The van der Waals surface area contributed by atoms with Gasteiger partial charge in [-0.1, -0.05) is 0 Å². The van der Waals surface area contributed by atoms with Crippen LogP contribution in [-0.2, 0) is 4.79 Å². The van der Waals surface area contributed by atoms with E-state index in [0.717, 1.165) is 6.20 Å². The van der Waals surface area contributed by atoms with Gasteiger partial charge in [-0.2, -0.15) is 0 Å². The van der Waals surface area contributed by atoms with Crippen molar-refractivity contribution in [3.05, 3.63) is 24.1 Å². The second-order valence-corrected chi connectivity index (χ2v) is 3.44. The van der Waals surface area contributed by atoms with Crippen molar-refractivity contribution in [1.82, 2.24) is 10.3 Å². The Balaban J connectivity index is 2.37. The molecule has 0 atom stereocenters. The van der Waals surface area contributed by atoms with E-state index in [9.17, 15) is 9.18 Å². The smallest absolute Gasteiger partial charge is 0.239 e. The Morgan fingerprint density at radius 1 is 1.53 bits per heavy atom. The molecule has 82 valence electrons. The number of anilines is 1. The molecule has 0 aliphatic carbocycles. The zero-order valence-corrected chi connectivity index (χ0v) is 8.75. The maximum atomic E-state index is 12.5. The Morgan fingerprint density at radius 2 is 2.27 bits per heavy atom. The number of pyridine rings is 1. The Hall–Kier alpha value is -1.65. The standard InChI is InChI=1S/C10H14FN3O/c1-7(2)14-10(15)6-13-9-4-3-8(11)5-12-9/h3-5,7H,6H2,1-2H3,(H,12,13)(H,14,15). The molecule has 0 saturated heterocycles. The van der Waals surface area contributed by atoms with E-state index >= 15 is 0 Å². The van der Waals surface area contributed by atoms with Gasteiger partial charge in [0, 0.05) is 6.04 Å². The first kappa shape index (κ1) is 11.4. The van der Waals surface area contributed by atoms with Crippen molar-refractivity contribution in [3.8, 4) is 0 Å². The number of hydrogen-bond acceptors (Lipinski definition) is 3. The van der Waals surface area contributed by atoms with Crippen molar-refractivity contribution < 1.29 is 9.18 Å². The molecular weight excluding hydrogens is 197 g/mol. The summed E-state index contributed by atoms with van der Waals surface area (Å²) in [6.07, 6.45) is 1.10. The van der Waals surface area contributed by atoms with Crippen LogP contribution in [0.25, 0.3) is 0 Å². The van der Waals surface area contributed by atoms with E-state index in [1.165, 1.54) is 12.1 Å². The van der Waals surface area contributed by atoms with Crippen LogP contribution in [-0.4, -0.2) is 23.5 Å². The van der Waals surface area contributed by atoms with Crippen molar-refractivity contribution in [2.75, 3.05) is 11.9 Å². The molecule has 0 aliphatic heterocycles. The third-order valence-electron chi connectivity index (χ3n) is 1.61. The van der Waals surface area contributed by atoms with Crippen molar-refractivity contribution in [2.45, 2.75) is 19.9 Å². The molecule has 15 heavy (non-hydrogen) atoms. The largest absolute Gasteiger partial charge is 0.361 e. The molecule has 1 amide bonds. The summed E-state index contributed by atoms with van der Waals surface area (Å²) in [6, 6.07) is 2.88. The maximum absolute atomic E-state index is 12.5. The molecule has 0 spiro atoms. The summed E-state index contributed by atoms with van der Waals surface area (Å²) in [5.74, 6) is -0.0291. The molecule has 1 aromatic rings. The summed E-state index contributed by atoms with van der Waals surface area (Å²) >= 11 is 0. The molecule has 0 aliphatic rings. The monoisotopic (exact) mass is 211 g/mol. The van der Waals surface area contributed by atoms with Crippen LogP contribution in [0.1, 0.15) is 13.8 Å². The van der Waals surface area contributed by atoms with Crippen molar-refractivity contribution in [3.63, 3.8) is 0 Å². The number of aromatic nitrogens is 1. The number of rotatable bonds is 4. The fourth-order valence-corrected chi connectivity index (χ4v) is 1.02. The second kappa shape index (κ2) is 5.29. The van der Waals surface area contributed by atoms with Crippen LogP contribution < -0.4 is 10.6 Å². The number of carbonyl (C=O) groups excluding carboxylic acids is 1. The van der Waals surface area contributed by atoms with Crippen LogP contribution in [0.2, 0.25) is 0 Å². The molecule has 0 fully saturated rings. The average Bonchev–Trinajstić information content (AvgIpc) is 2.16. The van der Waals surface area contributed by atoms with Gasteiger partial charge in [-0.15, -0.1) is 0 Å². The Morgan fingerprint density at radius 3 is 2.80 bits per heavy atom. The van der Waals surface area contributed by atoms with Crippen LogP contribution in [0.5, 0.6) is 0 Å². The summed E-state index contributed by atoms with van der Waals surface area (Å²) in [7, 11) is 0. The molecule has 4 nitrogen and oxygen atoms in total. The first-order valence-electron chi connectivity index (χ1n) is 4.72. The molecule has 1 rings (SSSR count). The summed E-state index contributed by atoms with van der Waals surface area (Å²) in [5, 5.41) is 5.51. The number of halogens is 1. The second-order valence-electron chi connectivity index (χ2n) is 3.44. The van der Waals surface area contributed by atoms with E-state index in [0.29, 0.717) is 5.82 Å². The van der Waals surface area contributed by atoms with Gasteiger partial charge < -0.3 is 10.6 Å². The number of amides is 1. The lowest BCUT2D eigenvalue weighted by Gasteiger charge is -2.09. The normalized spacial score (nSPS) is 10.1. The lowest BCUT2D eigenvalue weighted by Crippen LogP contribution is -2.34. The van der Waals surface area contributed by atoms with Gasteiger partial charge in [-0.05, 0) is 26.0 Å². The van der Waals surface area contributed by atoms with E-state index < -0.39 is 5.82 Å². The first-order chi connectivity index (χ1) is 7.08. The molecule has 5 heteroatoms. The highest BCUT2D eigenvalue weighted by Crippen LogP contribution is 2.02. The summed E-state index contributed by atoms with van der Waals surface area (Å²) in [6.45, 7) is 3.90. The third-order valence-corrected chi connectivity index (χ3v) is 1.61. The predicted octanol–water partition coefficient (Wildman–Crippen LogP) is 1.16. The van der Waals surface area contributed by atoms with Gasteiger partial charge in [-0.25, -0.2) is 9.37 Å². The Kier molecular flexibility index (Phi) is 4.03. The van der Waals surface area contributed by atoms with Gasteiger partial charge in [0.25, 0.3) is 0 Å². The molecule has 2 N–H and O–H groups in total. The van der Waals surface area contributed by atoms with Crippen molar-refractivity contribution in [1.29, 1.82) is 0 Å². The fraction of sp³-hybridized carbons (Fsp3) is 0.400. The average molecular weight is 211 g/mol. The Labute approximate surface area is 87.9 Å². The number of carbonyl (C=O) groups is 1. The van der Waals surface area contributed by atoms with Crippen LogP contribution in [0.4, 0.5) is 10.2 Å². The minimum Gasteiger partial charge on any atom is -0.361 e. The lowest BCUT2D eigenvalue weighted by atomic mass is 10.4. The lowest BCUT2D eigenvalue weighted by molar-refractivity contribution is -0.119. The van der Waals surface area contributed by atoms with Gasteiger partial charge in [-0.3, -0.25) is 4.79 Å². The molecule has 1 aromatic heterocycles. The maximum Gasteiger partial charge on any atom is 0.239 e. The van der Waals surface area contributed by atoms with Gasteiger partial charge in [0.2, 0.25) is 5.91 Å². The van der Waals surface area contributed by atoms with Crippen LogP contribution >= 0.6 is 0 Å². The topological polar surface area (TPSA) is 54.0 Å². The zero-order valence-electron chi connectivity index (χ0n) is 8.75. The van der Waals surface area contributed by atoms with Crippen LogP contribution in [0.15, 0.2) is 18.3 Å². The molecule has 0 unspecified atom stereocenters. The minimum atomic E-state index is -0.396. The minimum absolute atomic E-state index is 0.112. The summed E-state index contributed by atoms with van der Waals surface area (Å²) < 4.78 is 12.5. The van der Waals surface area contributed by atoms with E-state index in [1.807, 2.05) is 13.8 Å². The highest BCUT2D eigenvalue weighted by Gasteiger charge is 2.02. The van der Waals surface area contributed by atoms with E-state index in [-0.39, 0.29) is 18.5 Å². The van der Waals surface area contributed by atoms with Crippen LogP contribution in [0.3, 0.4) is 0 Å². The number of nitrogens with one attached hydrogen (secondary N) is 2. The van der Waals surface area contributed by atoms with Crippen molar-refractivity contribution in [2.24, 2.45) is 0 Å². The predicted molar refractivity (Wildman–Crippen MR) is 56.0 cm³/mol. The molecule has 0 radical (unpaired) electrons. The van der Waals surface area contributed by atoms with Crippen LogP contribution in [0, 0.1) is 5.82 Å². The molecule has 0 aromatic carbocycles. The number of hydrogen-bond donors (Lipinski definition) is 2. The first-order valence-corrected chi connectivity index (χ1v) is 4.72. The molecule has 0 bridgehead atoms. The summed E-state index contributed by atoms with van der Waals surface area (Å²) in [4.78, 5) is 15.0. The van der Waals surface area contributed by atoms with Gasteiger partial charge in [0.15, 0.2) is 0 Å². The fourth-order valence-electron chi connectivity index (χ4n) is 1.02. The molecule has 0 saturated carbocycles. The molecule has 1 heterocycles. The highest BCUT2D eigenvalue weighted by atomic mass is 19.1. The highest BCUT2D eigenvalue weighted by molar-refractivity contribution is 5.80. The number of nitrogens with zero attached hydrogens (tertiary/aromatic N) is 1. The summed E-state index contributed by atoms with van der Waals surface area (Å²) in [5.41, 5.74) is 0. The SMILES string of the molecule is CC(C)NC(=O)CNc1ccc(F)cn1. The zero-order chi connectivity index (χ0) is 11.3. The van der Waals surface area contributed by atoms with Gasteiger partial charge >= 0.3 is 0 Å². The van der Waals surface area contributed by atoms with E-state index in [1.54, 1.807) is 0 Å². The van der Waals surface area contributed by atoms with Gasteiger partial charge in [0.05, 0.1) is 12.7 Å². The molecular formula is C10H14FN3O. The Bertz CT molecular complexity index is 324. The van der Waals surface area contributed by atoms with E-state index in [4.69, 9.17) is 0 Å². The van der Waals surface area contributed by atoms with E-state index in [2.05, 4.69) is 15.6 Å². The quantitative estimate of drug-likeness (QED) is 0.785. The van der Waals surface area contributed by atoms with Gasteiger partial charge in [0.1, 0.15) is 11.6 Å².